The number of aliphatic hydroxyl groups excluding tert-OH is 9. The molecule has 3 aliphatic heterocycles. The zero-order chi connectivity index (χ0) is 33.9. The molecule has 11 N–H and O–H groups in total. The average Bonchev–Trinajstić information content (AvgIpc) is 3.03. The second kappa shape index (κ2) is 15.6. The van der Waals surface area contributed by atoms with Gasteiger partial charge in [0.1, 0.15) is 67.1 Å². The topological polar surface area (TPSA) is 295 Å². The van der Waals surface area contributed by atoms with Crippen LogP contribution < -0.4 is 0 Å². The number of benzene rings is 1. The first kappa shape index (κ1) is 36.3. The lowest BCUT2D eigenvalue weighted by molar-refractivity contribution is -0.331. The molecule has 0 radical (unpaired) electrons. The number of hydrogen-bond donors (Lipinski definition) is 11. The van der Waals surface area contributed by atoms with Gasteiger partial charge in [0.15, 0.2) is 30.2 Å². The van der Waals surface area contributed by atoms with E-state index in [4.69, 9.17) is 28.4 Å². The van der Waals surface area contributed by atoms with Crippen molar-refractivity contribution in [2.45, 2.75) is 98.9 Å². The van der Waals surface area contributed by atoms with E-state index in [1.54, 1.807) is 0 Å². The number of ether oxygens (including phenoxy) is 6. The molecule has 3 heterocycles. The van der Waals surface area contributed by atoms with Crippen LogP contribution in [0, 0.1) is 0 Å². The summed E-state index contributed by atoms with van der Waals surface area (Å²) in [6, 6.07) is 3.73. The molecule has 0 aromatic heterocycles. The Morgan fingerprint density at radius 2 is 1.39 bits per heavy atom. The summed E-state index contributed by atoms with van der Waals surface area (Å²) in [4.78, 5) is 12.9. The summed E-state index contributed by atoms with van der Waals surface area (Å²) in [5, 5.41) is 111. The Morgan fingerprint density at radius 1 is 0.739 bits per heavy atom. The molecule has 0 spiro atoms. The van der Waals surface area contributed by atoms with Gasteiger partial charge in [-0.15, -0.1) is 0 Å². The highest BCUT2D eigenvalue weighted by Crippen LogP contribution is 2.30. The third-order valence-corrected chi connectivity index (χ3v) is 7.97. The van der Waals surface area contributed by atoms with Crippen molar-refractivity contribution >= 4 is 12.0 Å². The van der Waals surface area contributed by atoms with Crippen molar-refractivity contribution in [3.8, 4) is 11.5 Å². The molecule has 15 atom stereocenters. The molecule has 0 unspecified atom stereocenters. The fourth-order valence-electron chi connectivity index (χ4n) is 5.23. The molecular weight excluding hydrogens is 624 g/mol. The van der Waals surface area contributed by atoms with Gasteiger partial charge < -0.3 is 84.6 Å². The van der Waals surface area contributed by atoms with E-state index >= 15 is 0 Å². The summed E-state index contributed by atoms with van der Waals surface area (Å²) in [7, 11) is 0. The number of rotatable bonds is 10. The number of carbonyl (C=O) groups is 1. The zero-order valence-electron chi connectivity index (χ0n) is 24.4. The van der Waals surface area contributed by atoms with Crippen LogP contribution >= 0.6 is 0 Å². The Hall–Kier alpha value is -2.53. The highest BCUT2D eigenvalue weighted by Gasteiger charge is 2.51. The van der Waals surface area contributed by atoms with Crippen LogP contribution in [0.1, 0.15) is 12.5 Å². The average molecular weight is 665 g/mol. The molecule has 0 saturated carbocycles. The maximum atomic E-state index is 12.9. The van der Waals surface area contributed by atoms with Crippen LogP contribution in [-0.2, 0) is 33.2 Å². The molecule has 3 aliphatic rings. The van der Waals surface area contributed by atoms with Crippen molar-refractivity contribution in [1.82, 2.24) is 0 Å². The van der Waals surface area contributed by atoms with E-state index in [0.717, 1.165) is 12.1 Å². The van der Waals surface area contributed by atoms with Gasteiger partial charge in [0.25, 0.3) is 0 Å². The minimum atomic E-state index is -1.96. The van der Waals surface area contributed by atoms with E-state index in [-0.39, 0.29) is 5.56 Å². The Morgan fingerprint density at radius 3 is 2.07 bits per heavy atom. The molecule has 0 amide bonds. The lowest BCUT2D eigenvalue weighted by atomic mass is 9.95. The van der Waals surface area contributed by atoms with Gasteiger partial charge in [0.05, 0.1) is 25.9 Å². The SMILES string of the molecule is C[C@@H]1O[C@@H](CO[C@@H]2[C@@H](O)[C@H](O)O[C@H](CO[C@@H]3O[C@H](CO)[C@@H](O)[C@H](O)[C@H]3O)[C@H]2OC(=O)/C=C/c2ccc(O)c(O)c2)[C@H](O)[C@H](O)[C@H]1O. The summed E-state index contributed by atoms with van der Waals surface area (Å²) < 4.78 is 33.0. The highest BCUT2D eigenvalue weighted by atomic mass is 16.7. The third-order valence-electron chi connectivity index (χ3n) is 7.97. The molecule has 3 saturated heterocycles. The fourth-order valence-corrected chi connectivity index (χ4v) is 5.23. The monoisotopic (exact) mass is 664 g/mol. The van der Waals surface area contributed by atoms with Crippen LogP contribution in [0.4, 0.5) is 0 Å². The van der Waals surface area contributed by atoms with Crippen LogP contribution in [0.3, 0.4) is 0 Å². The van der Waals surface area contributed by atoms with Crippen molar-refractivity contribution < 1.29 is 89.4 Å². The number of aromatic hydroxyl groups is 2. The predicted molar refractivity (Wildman–Crippen MR) is 147 cm³/mol. The molecule has 0 bridgehead atoms. The fraction of sp³-hybridized carbons (Fsp3) is 0.679. The standard InChI is InChI=1S/C28H40O18/c1-10-18(33)21(36)20(35)15(43-10)8-41-26-24(39)27(40)44-16(9-42-28-23(38)22(37)19(34)14(7-29)45-28)25(26)46-17(32)5-3-11-2-4-12(30)13(31)6-11/h2-6,10,14-16,18-31,33-40H,7-9H2,1H3/b5-3+/t10-,14+,15-,16+,18-,19+,20-,21+,22-,23+,24+,25+,26+,27+,28+/m0/s1. The molecule has 18 heteroatoms. The quantitative estimate of drug-likeness (QED) is 0.0635. The maximum absolute atomic E-state index is 12.9. The van der Waals surface area contributed by atoms with Crippen molar-refractivity contribution in [3.63, 3.8) is 0 Å². The zero-order valence-corrected chi connectivity index (χ0v) is 24.4. The predicted octanol–water partition coefficient (Wildman–Crippen LogP) is -4.83. The molecule has 260 valence electrons. The first-order valence-electron chi connectivity index (χ1n) is 14.4. The van der Waals surface area contributed by atoms with E-state index in [0.29, 0.717) is 0 Å². The second-order valence-electron chi connectivity index (χ2n) is 11.2. The van der Waals surface area contributed by atoms with E-state index in [1.807, 2.05) is 0 Å². The van der Waals surface area contributed by atoms with Gasteiger partial charge in [-0.25, -0.2) is 4.79 Å². The third kappa shape index (κ3) is 8.12. The van der Waals surface area contributed by atoms with Crippen molar-refractivity contribution in [2.24, 2.45) is 0 Å². The van der Waals surface area contributed by atoms with Gasteiger partial charge in [-0.05, 0) is 30.7 Å². The van der Waals surface area contributed by atoms with E-state index in [2.05, 4.69) is 0 Å². The Kier molecular flexibility index (Phi) is 12.3. The number of carbonyl (C=O) groups excluding carboxylic acids is 1. The molecular formula is C28H40O18. The summed E-state index contributed by atoms with van der Waals surface area (Å²) in [5.74, 6) is -1.89. The number of phenolic OH excluding ortho intramolecular Hbond substituents is 2. The van der Waals surface area contributed by atoms with Gasteiger partial charge in [0, 0.05) is 6.08 Å². The van der Waals surface area contributed by atoms with E-state index in [1.165, 1.54) is 25.1 Å². The summed E-state index contributed by atoms with van der Waals surface area (Å²) in [5.41, 5.74) is 0.288. The lowest BCUT2D eigenvalue weighted by Crippen LogP contribution is -2.63. The van der Waals surface area contributed by atoms with Gasteiger partial charge in [0.2, 0.25) is 0 Å². The molecule has 4 rings (SSSR count). The molecule has 3 fully saturated rings. The van der Waals surface area contributed by atoms with Crippen LogP contribution in [-0.4, -0.2) is 174 Å². The molecule has 18 nitrogen and oxygen atoms in total. The highest BCUT2D eigenvalue weighted by molar-refractivity contribution is 5.87. The van der Waals surface area contributed by atoms with Gasteiger partial charge in [-0.2, -0.15) is 0 Å². The minimum absolute atomic E-state index is 0.288. The molecule has 46 heavy (non-hydrogen) atoms. The van der Waals surface area contributed by atoms with Gasteiger partial charge in [-0.3, -0.25) is 0 Å². The first-order chi connectivity index (χ1) is 21.7. The number of phenols is 2. The van der Waals surface area contributed by atoms with Gasteiger partial charge >= 0.3 is 5.97 Å². The smallest absolute Gasteiger partial charge is 0.331 e. The molecule has 0 aliphatic carbocycles. The van der Waals surface area contributed by atoms with Crippen LogP contribution in [0.15, 0.2) is 24.3 Å². The van der Waals surface area contributed by atoms with E-state index < -0.39 is 129 Å². The van der Waals surface area contributed by atoms with Crippen LogP contribution in [0.25, 0.3) is 6.08 Å². The molecule has 1 aromatic carbocycles. The second-order valence-corrected chi connectivity index (χ2v) is 11.2. The maximum Gasteiger partial charge on any atom is 0.331 e. The summed E-state index contributed by atoms with van der Waals surface area (Å²) in [6.45, 7) is -0.488. The Bertz CT molecular complexity index is 1180. The first-order valence-corrected chi connectivity index (χ1v) is 14.4. The van der Waals surface area contributed by atoms with Crippen molar-refractivity contribution in [2.75, 3.05) is 19.8 Å². The number of aliphatic hydroxyl groups is 9. The van der Waals surface area contributed by atoms with Gasteiger partial charge in [-0.1, -0.05) is 6.07 Å². The van der Waals surface area contributed by atoms with E-state index in [9.17, 15) is 61.0 Å². The van der Waals surface area contributed by atoms with Crippen LogP contribution in [0.5, 0.6) is 11.5 Å². The number of hydrogen-bond acceptors (Lipinski definition) is 18. The summed E-state index contributed by atoms with van der Waals surface area (Å²) in [6.07, 6.45) is -21.3. The minimum Gasteiger partial charge on any atom is -0.504 e. The molecule has 1 aromatic rings. The normalized spacial score (nSPS) is 41.8. The van der Waals surface area contributed by atoms with Crippen molar-refractivity contribution in [3.05, 3.63) is 29.8 Å². The Balaban J connectivity index is 1.54. The largest absolute Gasteiger partial charge is 0.504 e. The number of esters is 1. The van der Waals surface area contributed by atoms with Crippen LogP contribution in [0.2, 0.25) is 0 Å². The Labute approximate surface area is 261 Å². The lowest BCUT2D eigenvalue weighted by Gasteiger charge is -2.44. The van der Waals surface area contributed by atoms with Crippen molar-refractivity contribution in [1.29, 1.82) is 0 Å². The summed E-state index contributed by atoms with van der Waals surface area (Å²) >= 11 is 0.